The SMILES string of the molecule is COc1ncnc(NCCNC(C)C)c1C. The highest BCUT2D eigenvalue weighted by atomic mass is 16.5. The molecular weight excluding hydrogens is 204 g/mol. The lowest BCUT2D eigenvalue weighted by molar-refractivity contribution is 0.393. The summed E-state index contributed by atoms with van der Waals surface area (Å²) in [6.45, 7) is 7.93. The summed E-state index contributed by atoms with van der Waals surface area (Å²) < 4.78 is 5.12. The molecule has 5 nitrogen and oxygen atoms in total. The van der Waals surface area contributed by atoms with E-state index in [9.17, 15) is 0 Å². The van der Waals surface area contributed by atoms with Gasteiger partial charge in [0.05, 0.1) is 12.7 Å². The predicted molar refractivity (Wildman–Crippen MR) is 64.9 cm³/mol. The highest BCUT2D eigenvalue weighted by molar-refractivity contribution is 5.47. The number of ether oxygens (including phenoxy) is 1. The average Bonchev–Trinajstić information content (AvgIpc) is 2.26. The Labute approximate surface area is 96.6 Å². The molecule has 1 heterocycles. The maximum atomic E-state index is 5.12. The Kier molecular flexibility index (Phi) is 4.98. The van der Waals surface area contributed by atoms with E-state index in [2.05, 4.69) is 34.4 Å². The number of rotatable bonds is 6. The van der Waals surface area contributed by atoms with Crippen LogP contribution in [0.4, 0.5) is 5.82 Å². The quantitative estimate of drug-likeness (QED) is 0.711. The minimum Gasteiger partial charge on any atom is -0.481 e. The van der Waals surface area contributed by atoms with Crippen LogP contribution in [0, 0.1) is 6.92 Å². The van der Waals surface area contributed by atoms with E-state index < -0.39 is 0 Å². The third-order valence-corrected chi connectivity index (χ3v) is 2.20. The molecule has 1 aromatic rings. The van der Waals surface area contributed by atoms with Gasteiger partial charge in [-0.05, 0) is 6.92 Å². The number of hydrogen-bond donors (Lipinski definition) is 2. The average molecular weight is 224 g/mol. The molecule has 0 unspecified atom stereocenters. The van der Waals surface area contributed by atoms with Crippen LogP contribution in [-0.2, 0) is 0 Å². The van der Waals surface area contributed by atoms with Crippen molar-refractivity contribution < 1.29 is 4.74 Å². The molecule has 0 saturated heterocycles. The fourth-order valence-corrected chi connectivity index (χ4v) is 1.36. The zero-order valence-corrected chi connectivity index (χ0v) is 10.4. The Balaban J connectivity index is 2.47. The number of anilines is 1. The molecule has 2 N–H and O–H groups in total. The molecule has 0 bridgehead atoms. The summed E-state index contributed by atoms with van der Waals surface area (Å²) in [6, 6.07) is 0.503. The molecule has 1 aromatic heterocycles. The van der Waals surface area contributed by atoms with Crippen LogP contribution in [0.1, 0.15) is 19.4 Å². The van der Waals surface area contributed by atoms with Gasteiger partial charge in [0, 0.05) is 19.1 Å². The largest absolute Gasteiger partial charge is 0.481 e. The Bertz CT molecular complexity index is 328. The van der Waals surface area contributed by atoms with Gasteiger partial charge in [0.15, 0.2) is 0 Å². The zero-order valence-electron chi connectivity index (χ0n) is 10.4. The van der Waals surface area contributed by atoms with Crippen LogP contribution in [0.25, 0.3) is 0 Å². The monoisotopic (exact) mass is 224 g/mol. The van der Waals surface area contributed by atoms with Crippen molar-refractivity contribution in [2.24, 2.45) is 0 Å². The van der Waals surface area contributed by atoms with Crippen molar-refractivity contribution in [2.75, 3.05) is 25.5 Å². The first kappa shape index (κ1) is 12.7. The summed E-state index contributed by atoms with van der Waals surface area (Å²) in [5.74, 6) is 1.45. The van der Waals surface area contributed by atoms with Crippen molar-refractivity contribution >= 4 is 5.82 Å². The van der Waals surface area contributed by atoms with Gasteiger partial charge in [0.2, 0.25) is 5.88 Å². The summed E-state index contributed by atoms with van der Waals surface area (Å²) >= 11 is 0. The van der Waals surface area contributed by atoms with E-state index in [1.807, 2.05) is 6.92 Å². The van der Waals surface area contributed by atoms with Crippen molar-refractivity contribution in [3.63, 3.8) is 0 Å². The second kappa shape index (κ2) is 6.27. The normalized spacial score (nSPS) is 10.6. The molecule has 0 amide bonds. The Morgan fingerprint density at radius 2 is 2.06 bits per heavy atom. The molecule has 0 fully saturated rings. The van der Waals surface area contributed by atoms with E-state index in [0.29, 0.717) is 11.9 Å². The lowest BCUT2D eigenvalue weighted by Gasteiger charge is -2.12. The number of methoxy groups -OCH3 is 1. The molecule has 0 spiro atoms. The second-order valence-electron chi connectivity index (χ2n) is 3.89. The minimum atomic E-state index is 0.503. The molecule has 0 aromatic carbocycles. The summed E-state index contributed by atoms with van der Waals surface area (Å²) in [7, 11) is 1.61. The fourth-order valence-electron chi connectivity index (χ4n) is 1.36. The van der Waals surface area contributed by atoms with Gasteiger partial charge in [0.25, 0.3) is 0 Å². The van der Waals surface area contributed by atoms with Crippen LogP contribution >= 0.6 is 0 Å². The van der Waals surface area contributed by atoms with Gasteiger partial charge >= 0.3 is 0 Å². The van der Waals surface area contributed by atoms with E-state index in [4.69, 9.17) is 4.74 Å². The standard InChI is InChI=1S/C11H20N4O/c1-8(2)12-5-6-13-10-9(3)11(16-4)15-7-14-10/h7-8,12H,5-6H2,1-4H3,(H,13,14,15). The maximum Gasteiger partial charge on any atom is 0.221 e. The molecule has 16 heavy (non-hydrogen) atoms. The van der Waals surface area contributed by atoms with Crippen molar-refractivity contribution in [3.8, 4) is 5.88 Å². The van der Waals surface area contributed by atoms with Crippen molar-refractivity contribution in [2.45, 2.75) is 26.8 Å². The Hall–Kier alpha value is -1.36. The van der Waals surface area contributed by atoms with Gasteiger partial charge in [-0.1, -0.05) is 13.8 Å². The van der Waals surface area contributed by atoms with Gasteiger partial charge in [-0.2, -0.15) is 0 Å². The maximum absolute atomic E-state index is 5.12. The second-order valence-corrected chi connectivity index (χ2v) is 3.89. The molecule has 90 valence electrons. The molecule has 0 aliphatic rings. The Morgan fingerprint density at radius 1 is 1.31 bits per heavy atom. The molecule has 1 rings (SSSR count). The molecule has 0 radical (unpaired) electrons. The number of hydrogen-bond acceptors (Lipinski definition) is 5. The van der Waals surface area contributed by atoms with Gasteiger partial charge in [-0.25, -0.2) is 9.97 Å². The number of nitrogens with one attached hydrogen (secondary N) is 2. The van der Waals surface area contributed by atoms with E-state index in [1.165, 1.54) is 6.33 Å². The van der Waals surface area contributed by atoms with E-state index >= 15 is 0 Å². The molecule has 5 heteroatoms. The van der Waals surface area contributed by atoms with Crippen LogP contribution in [0.2, 0.25) is 0 Å². The van der Waals surface area contributed by atoms with E-state index in [-0.39, 0.29) is 0 Å². The summed E-state index contributed by atoms with van der Waals surface area (Å²) in [5.41, 5.74) is 0.939. The predicted octanol–water partition coefficient (Wildman–Crippen LogP) is 1.20. The van der Waals surface area contributed by atoms with Gasteiger partial charge < -0.3 is 15.4 Å². The Morgan fingerprint density at radius 3 is 2.69 bits per heavy atom. The van der Waals surface area contributed by atoms with Crippen LogP contribution < -0.4 is 15.4 Å². The van der Waals surface area contributed by atoms with Crippen LogP contribution in [0.3, 0.4) is 0 Å². The first-order valence-electron chi connectivity index (χ1n) is 5.48. The van der Waals surface area contributed by atoms with Crippen molar-refractivity contribution in [3.05, 3.63) is 11.9 Å². The van der Waals surface area contributed by atoms with Gasteiger partial charge in [-0.15, -0.1) is 0 Å². The lowest BCUT2D eigenvalue weighted by atomic mass is 10.3. The van der Waals surface area contributed by atoms with Crippen LogP contribution in [0.5, 0.6) is 5.88 Å². The minimum absolute atomic E-state index is 0.503. The first-order chi connectivity index (χ1) is 7.65. The smallest absolute Gasteiger partial charge is 0.221 e. The third-order valence-electron chi connectivity index (χ3n) is 2.20. The van der Waals surface area contributed by atoms with Crippen molar-refractivity contribution in [1.82, 2.24) is 15.3 Å². The topological polar surface area (TPSA) is 59.1 Å². The first-order valence-corrected chi connectivity index (χ1v) is 5.48. The molecular formula is C11H20N4O. The van der Waals surface area contributed by atoms with Crippen LogP contribution in [-0.4, -0.2) is 36.2 Å². The van der Waals surface area contributed by atoms with E-state index in [0.717, 1.165) is 24.5 Å². The van der Waals surface area contributed by atoms with Crippen molar-refractivity contribution in [1.29, 1.82) is 0 Å². The highest BCUT2D eigenvalue weighted by Crippen LogP contribution is 2.19. The molecule has 0 saturated carbocycles. The van der Waals surface area contributed by atoms with Gasteiger partial charge in [0.1, 0.15) is 12.1 Å². The zero-order chi connectivity index (χ0) is 12.0. The highest BCUT2D eigenvalue weighted by Gasteiger charge is 2.05. The lowest BCUT2D eigenvalue weighted by Crippen LogP contribution is -2.28. The number of aromatic nitrogens is 2. The summed E-state index contributed by atoms with van der Waals surface area (Å²) in [6.07, 6.45) is 1.50. The fraction of sp³-hybridized carbons (Fsp3) is 0.636. The third kappa shape index (κ3) is 3.66. The van der Waals surface area contributed by atoms with Crippen LogP contribution in [0.15, 0.2) is 6.33 Å². The molecule has 0 aliphatic carbocycles. The van der Waals surface area contributed by atoms with E-state index in [1.54, 1.807) is 7.11 Å². The molecule has 0 aliphatic heterocycles. The number of nitrogens with zero attached hydrogens (tertiary/aromatic N) is 2. The summed E-state index contributed by atoms with van der Waals surface area (Å²) in [4.78, 5) is 8.20. The van der Waals surface area contributed by atoms with Gasteiger partial charge in [-0.3, -0.25) is 0 Å². The summed E-state index contributed by atoms with van der Waals surface area (Å²) in [5, 5.41) is 6.58. The molecule has 0 atom stereocenters.